The Morgan fingerprint density at radius 2 is 2.20 bits per heavy atom. The van der Waals surface area contributed by atoms with Gasteiger partial charge < -0.3 is 10.2 Å². The van der Waals surface area contributed by atoms with Gasteiger partial charge in [0, 0.05) is 23.2 Å². The van der Waals surface area contributed by atoms with Crippen molar-refractivity contribution in [2.45, 2.75) is 39.3 Å². The number of halogens is 1. The van der Waals surface area contributed by atoms with E-state index < -0.39 is 6.04 Å². The Hall–Kier alpha value is -1.92. The second-order valence-electron chi connectivity index (χ2n) is 6.38. The van der Waals surface area contributed by atoms with Crippen LogP contribution in [0.25, 0.3) is 10.6 Å². The molecule has 0 spiro atoms. The Balaban J connectivity index is 1.76. The minimum absolute atomic E-state index is 0.0133. The summed E-state index contributed by atoms with van der Waals surface area (Å²) in [4.78, 5) is 31.8. The van der Waals surface area contributed by atoms with Crippen molar-refractivity contribution in [2.75, 3.05) is 6.54 Å². The summed E-state index contributed by atoms with van der Waals surface area (Å²) in [6.07, 6.45) is 0.641. The zero-order chi connectivity index (χ0) is 18.1. The minimum atomic E-state index is -0.453. The molecular formula is C18H20ClN3O2S. The number of aromatic nitrogens is 1. The van der Waals surface area contributed by atoms with E-state index in [1.54, 1.807) is 17.9 Å². The molecule has 1 atom stereocenters. The third-order valence-electron chi connectivity index (χ3n) is 4.24. The predicted octanol–water partition coefficient (Wildman–Crippen LogP) is 3.51. The fraction of sp³-hybridized carbons (Fsp3) is 0.389. The molecule has 0 radical (unpaired) electrons. The minimum Gasteiger partial charge on any atom is -0.339 e. The summed E-state index contributed by atoms with van der Waals surface area (Å²) in [5.41, 5.74) is 1.53. The van der Waals surface area contributed by atoms with Gasteiger partial charge in [-0.05, 0) is 39.3 Å². The van der Waals surface area contributed by atoms with E-state index in [1.165, 1.54) is 11.3 Å². The average Bonchev–Trinajstić information content (AvgIpc) is 3.11. The van der Waals surface area contributed by atoms with Crippen LogP contribution in [0, 0.1) is 6.92 Å². The van der Waals surface area contributed by atoms with E-state index in [0.717, 1.165) is 10.6 Å². The molecule has 1 N–H and O–H groups in total. The molecule has 1 aliphatic rings. The first-order valence-corrected chi connectivity index (χ1v) is 9.41. The number of benzene rings is 1. The van der Waals surface area contributed by atoms with Gasteiger partial charge in [-0.25, -0.2) is 4.98 Å². The highest BCUT2D eigenvalue weighted by molar-refractivity contribution is 7.17. The molecule has 132 valence electrons. The fourth-order valence-corrected chi connectivity index (χ4v) is 4.08. The Kier molecular flexibility index (Phi) is 5.11. The van der Waals surface area contributed by atoms with Crippen molar-refractivity contribution in [3.63, 3.8) is 0 Å². The normalized spacial score (nSPS) is 17.4. The SMILES string of the molecule is Cc1nc(-c2cccc(Cl)c2)sc1C(=O)NC1CCN(C(C)C)C1=O. The summed E-state index contributed by atoms with van der Waals surface area (Å²) >= 11 is 7.34. The van der Waals surface area contributed by atoms with E-state index >= 15 is 0 Å². The molecule has 25 heavy (non-hydrogen) atoms. The molecule has 1 aromatic carbocycles. The molecule has 2 amide bonds. The molecule has 1 aliphatic heterocycles. The highest BCUT2D eigenvalue weighted by Crippen LogP contribution is 2.29. The maximum absolute atomic E-state index is 12.6. The van der Waals surface area contributed by atoms with E-state index in [0.29, 0.717) is 28.6 Å². The highest BCUT2D eigenvalue weighted by atomic mass is 35.5. The van der Waals surface area contributed by atoms with Crippen molar-refractivity contribution in [1.29, 1.82) is 0 Å². The third-order valence-corrected chi connectivity index (χ3v) is 5.68. The molecule has 7 heteroatoms. The van der Waals surface area contributed by atoms with Crippen LogP contribution in [0.1, 0.15) is 35.6 Å². The lowest BCUT2D eigenvalue weighted by Gasteiger charge is -2.21. The first kappa shape index (κ1) is 17.9. The zero-order valence-corrected chi connectivity index (χ0v) is 15.9. The lowest BCUT2D eigenvalue weighted by molar-refractivity contribution is -0.130. The lowest BCUT2D eigenvalue weighted by Crippen LogP contribution is -2.43. The first-order valence-electron chi connectivity index (χ1n) is 8.21. The van der Waals surface area contributed by atoms with Crippen molar-refractivity contribution in [2.24, 2.45) is 0 Å². The molecule has 2 heterocycles. The summed E-state index contributed by atoms with van der Waals surface area (Å²) < 4.78 is 0. The van der Waals surface area contributed by atoms with Crippen LogP contribution >= 0.6 is 22.9 Å². The van der Waals surface area contributed by atoms with Gasteiger partial charge in [-0.3, -0.25) is 9.59 Å². The first-order chi connectivity index (χ1) is 11.9. The Bertz CT molecular complexity index is 818. The van der Waals surface area contributed by atoms with Gasteiger partial charge in [-0.15, -0.1) is 11.3 Å². The van der Waals surface area contributed by atoms with Crippen LogP contribution < -0.4 is 5.32 Å². The van der Waals surface area contributed by atoms with Crippen LogP contribution in [0.3, 0.4) is 0 Å². The van der Waals surface area contributed by atoms with Crippen LogP contribution in [0.2, 0.25) is 5.02 Å². The summed E-state index contributed by atoms with van der Waals surface area (Å²) in [6, 6.07) is 7.08. The molecule has 1 saturated heterocycles. The van der Waals surface area contributed by atoms with Crippen molar-refractivity contribution >= 4 is 34.8 Å². The monoisotopic (exact) mass is 377 g/mol. The number of carbonyl (C=O) groups is 2. The number of nitrogens with one attached hydrogen (secondary N) is 1. The number of hydrogen-bond acceptors (Lipinski definition) is 4. The summed E-state index contributed by atoms with van der Waals surface area (Å²) in [7, 11) is 0. The number of carbonyl (C=O) groups excluding carboxylic acids is 2. The van der Waals surface area contributed by atoms with Gasteiger partial charge in [0.05, 0.1) is 5.69 Å². The van der Waals surface area contributed by atoms with Gasteiger partial charge >= 0.3 is 0 Å². The quantitative estimate of drug-likeness (QED) is 0.886. The van der Waals surface area contributed by atoms with Crippen LogP contribution in [0.5, 0.6) is 0 Å². The fourth-order valence-electron chi connectivity index (χ4n) is 2.92. The van der Waals surface area contributed by atoms with E-state index in [-0.39, 0.29) is 17.9 Å². The topological polar surface area (TPSA) is 62.3 Å². The molecular weight excluding hydrogens is 358 g/mol. The Morgan fingerprint density at radius 1 is 1.44 bits per heavy atom. The Morgan fingerprint density at radius 3 is 2.84 bits per heavy atom. The third kappa shape index (κ3) is 3.70. The van der Waals surface area contributed by atoms with Gasteiger partial charge in [0.2, 0.25) is 5.91 Å². The standard InChI is InChI=1S/C18H20ClN3O2S/c1-10(2)22-8-7-14(18(22)24)21-16(23)15-11(3)20-17(25-15)12-5-4-6-13(19)9-12/h4-6,9-10,14H,7-8H2,1-3H3,(H,21,23). The van der Waals surface area contributed by atoms with Crippen molar-refractivity contribution < 1.29 is 9.59 Å². The zero-order valence-electron chi connectivity index (χ0n) is 14.4. The van der Waals surface area contributed by atoms with Gasteiger partial charge in [-0.1, -0.05) is 23.7 Å². The molecule has 1 aromatic heterocycles. The predicted molar refractivity (Wildman–Crippen MR) is 100 cm³/mol. The molecule has 0 aliphatic carbocycles. The van der Waals surface area contributed by atoms with Crippen molar-refractivity contribution in [1.82, 2.24) is 15.2 Å². The molecule has 3 rings (SSSR count). The highest BCUT2D eigenvalue weighted by Gasteiger charge is 2.34. The van der Waals surface area contributed by atoms with Crippen LogP contribution in [-0.4, -0.2) is 40.3 Å². The number of amides is 2. The van der Waals surface area contributed by atoms with Crippen LogP contribution in [0.15, 0.2) is 24.3 Å². The van der Waals surface area contributed by atoms with Crippen LogP contribution in [-0.2, 0) is 4.79 Å². The van der Waals surface area contributed by atoms with Crippen molar-refractivity contribution in [3.05, 3.63) is 39.9 Å². The molecule has 0 saturated carbocycles. The van der Waals surface area contributed by atoms with Gasteiger partial charge in [-0.2, -0.15) is 0 Å². The summed E-state index contributed by atoms with van der Waals surface area (Å²) in [5, 5.41) is 4.23. The molecule has 2 aromatic rings. The van der Waals surface area contributed by atoms with Gasteiger partial charge in [0.15, 0.2) is 0 Å². The number of rotatable bonds is 4. The summed E-state index contributed by atoms with van der Waals surface area (Å²) in [6.45, 7) is 6.44. The number of nitrogens with zero attached hydrogens (tertiary/aromatic N) is 2. The average molecular weight is 378 g/mol. The molecule has 1 unspecified atom stereocenters. The van der Waals surface area contributed by atoms with E-state index in [1.807, 2.05) is 32.0 Å². The molecule has 5 nitrogen and oxygen atoms in total. The molecule has 1 fully saturated rings. The maximum Gasteiger partial charge on any atom is 0.263 e. The number of hydrogen-bond donors (Lipinski definition) is 1. The van der Waals surface area contributed by atoms with E-state index in [4.69, 9.17) is 11.6 Å². The second-order valence-corrected chi connectivity index (χ2v) is 7.82. The molecule has 0 bridgehead atoms. The number of thiazole rings is 1. The maximum atomic E-state index is 12.6. The smallest absolute Gasteiger partial charge is 0.263 e. The van der Waals surface area contributed by atoms with Gasteiger partial charge in [0.25, 0.3) is 5.91 Å². The number of likely N-dealkylation sites (tertiary alicyclic amines) is 1. The van der Waals surface area contributed by atoms with E-state index in [9.17, 15) is 9.59 Å². The largest absolute Gasteiger partial charge is 0.339 e. The Labute approximate surface area is 156 Å². The van der Waals surface area contributed by atoms with Crippen LogP contribution in [0.4, 0.5) is 0 Å². The number of aryl methyl sites for hydroxylation is 1. The second kappa shape index (κ2) is 7.14. The van der Waals surface area contributed by atoms with Crippen molar-refractivity contribution in [3.8, 4) is 10.6 Å². The van der Waals surface area contributed by atoms with E-state index in [2.05, 4.69) is 10.3 Å². The lowest BCUT2D eigenvalue weighted by atomic mass is 10.2. The summed E-state index contributed by atoms with van der Waals surface area (Å²) in [5.74, 6) is -0.257. The van der Waals surface area contributed by atoms with Gasteiger partial charge in [0.1, 0.15) is 15.9 Å².